The number of hydrogen-bond acceptors (Lipinski definition) is 5. The Bertz CT molecular complexity index is 1080. The molecule has 2 amide bonds. The topological polar surface area (TPSA) is 68.2 Å². The quantitative estimate of drug-likeness (QED) is 0.225. The lowest BCUT2D eigenvalue weighted by Crippen LogP contribution is -2.28. The van der Waals surface area contributed by atoms with Crippen molar-refractivity contribution in [2.45, 2.75) is 20.0 Å². The van der Waals surface area contributed by atoms with E-state index in [1.54, 1.807) is 6.21 Å². The number of benzene rings is 2. The molecule has 4 atom stereocenters. The molecule has 1 heterocycles. The Morgan fingerprint density at radius 3 is 2.41 bits per heavy atom. The molecule has 2 fully saturated rings. The fourth-order valence-electron chi connectivity index (χ4n) is 4.92. The van der Waals surface area contributed by atoms with E-state index >= 15 is 0 Å². The van der Waals surface area contributed by atoms with Gasteiger partial charge in [0.15, 0.2) is 11.5 Å². The van der Waals surface area contributed by atoms with Crippen LogP contribution in [0.5, 0.6) is 11.5 Å². The van der Waals surface area contributed by atoms with Crippen molar-refractivity contribution in [1.82, 2.24) is 5.01 Å². The Kier molecular flexibility index (Phi) is 5.75. The first-order valence-corrected chi connectivity index (χ1v) is 11.9. The molecular weight excluding hydrogens is 519 g/mol. The third-order valence-corrected chi connectivity index (χ3v) is 7.13. The molecule has 2 aromatic rings. The number of fused-ring (bicyclic) bond motifs is 5. The molecule has 7 heteroatoms. The normalized spacial score (nSPS) is 25.8. The van der Waals surface area contributed by atoms with Crippen LogP contribution in [0.15, 0.2) is 59.7 Å². The van der Waals surface area contributed by atoms with Gasteiger partial charge in [-0.25, -0.2) is 0 Å². The summed E-state index contributed by atoms with van der Waals surface area (Å²) in [5.41, 5.74) is 1.81. The molecule has 5 rings (SSSR count). The van der Waals surface area contributed by atoms with Crippen molar-refractivity contribution >= 4 is 40.6 Å². The van der Waals surface area contributed by atoms with E-state index in [4.69, 9.17) is 9.47 Å². The molecule has 1 saturated heterocycles. The van der Waals surface area contributed by atoms with Crippen LogP contribution in [0.1, 0.15) is 24.5 Å². The van der Waals surface area contributed by atoms with Crippen molar-refractivity contribution in [1.29, 1.82) is 0 Å². The number of halogens is 1. The lowest BCUT2D eigenvalue weighted by atomic mass is 9.85. The molecule has 32 heavy (non-hydrogen) atoms. The Morgan fingerprint density at radius 1 is 1.06 bits per heavy atom. The predicted octanol–water partition coefficient (Wildman–Crippen LogP) is 4.41. The van der Waals surface area contributed by atoms with Gasteiger partial charge in [0.25, 0.3) is 11.8 Å². The predicted molar refractivity (Wildman–Crippen MR) is 128 cm³/mol. The van der Waals surface area contributed by atoms with Crippen molar-refractivity contribution < 1.29 is 19.1 Å². The van der Waals surface area contributed by atoms with E-state index in [1.807, 2.05) is 49.4 Å². The number of nitrogens with zero attached hydrogens (tertiary/aromatic N) is 2. The Balaban J connectivity index is 1.35. The van der Waals surface area contributed by atoms with Crippen molar-refractivity contribution in [3.05, 3.63) is 69.3 Å². The summed E-state index contributed by atoms with van der Waals surface area (Å²) < 4.78 is 12.7. The summed E-state index contributed by atoms with van der Waals surface area (Å²) in [5, 5.41) is 5.35. The van der Waals surface area contributed by atoms with Crippen LogP contribution in [0.4, 0.5) is 0 Å². The van der Waals surface area contributed by atoms with Crippen LogP contribution in [0.2, 0.25) is 0 Å². The smallest absolute Gasteiger partial charge is 0.254 e. The maximum Gasteiger partial charge on any atom is 0.254 e. The van der Waals surface area contributed by atoms with Crippen molar-refractivity contribution in [2.24, 2.45) is 28.8 Å². The molecule has 0 unspecified atom stereocenters. The van der Waals surface area contributed by atoms with Crippen molar-refractivity contribution in [3.63, 3.8) is 0 Å². The Hall–Kier alpha value is -2.68. The van der Waals surface area contributed by atoms with Gasteiger partial charge in [0.05, 0.1) is 28.2 Å². The largest absolute Gasteiger partial charge is 0.490 e. The summed E-state index contributed by atoms with van der Waals surface area (Å²) in [6, 6.07) is 13.7. The highest BCUT2D eigenvalue weighted by molar-refractivity contribution is 14.1. The molecule has 2 aromatic carbocycles. The van der Waals surface area contributed by atoms with E-state index < -0.39 is 0 Å². The second-order valence-corrected chi connectivity index (χ2v) is 9.43. The summed E-state index contributed by atoms with van der Waals surface area (Å²) in [6.45, 7) is 2.83. The minimum Gasteiger partial charge on any atom is -0.490 e. The Morgan fingerprint density at radius 2 is 1.75 bits per heavy atom. The number of allylic oxidation sites excluding steroid dienone is 2. The number of ether oxygens (including phenoxy) is 2. The zero-order valence-corrected chi connectivity index (χ0v) is 19.8. The fraction of sp³-hybridized carbons (Fsp3) is 0.320. The third-order valence-electron chi connectivity index (χ3n) is 6.33. The number of carbonyl (C=O) groups excluding carboxylic acids is 2. The highest BCUT2D eigenvalue weighted by Crippen LogP contribution is 2.52. The van der Waals surface area contributed by atoms with Gasteiger partial charge in [0.1, 0.15) is 6.61 Å². The Labute approximate surface area is 200 Å². The van der Waals surface area contributed by atoms with Crippen LogP contribution in [0, 0.1) is 27.2 Å². The van der Waals surface area contributed by atoms with E-state index in [-0.39, 0.29) is 35.5 Å². The van der Waals surface area contributed by atoms with Crippen LogP contribution in [0.3, 0.4) is 0 Å². The first-order chi connectivity index (χ1) is 15.6. The SMILES string of the molecule is CCOc1cc(/C=N\N2C(=O)[C@@H]3[C@@H](C2=O)[C@H]2C=C[C@H]3C2)cc(I)c1OCc1ccccc1. The molecule has 2 aliphatic carbocycles. The summed E-state index contributed by atoms with van der Waals surface area (Å²) in [4.78, 5) is 25.7. The lowest BCUT2D eigenvalue weighted by molar-refractivity contribution is -0.140. The zero-order valence-electron chi connectivity index (χ0n) is 17.6. The molecule has 2 bridgehead atoms. The van der Waals surface area contributed by atoms with Crippen LogP contribution in [-0.2, 0) is 16.2 Å². The number of carbonyl (C=O) groups is 2. The van der Waals surface area contributed by atoms with Crippen LogP contribution >= 0.6 is 22.6 Å². The van der Waals surface area contributed by atoms with E-state index in [0.29, 0.717) is 24.7 Å². The van der Waals surface area contributed by atoms with Gasteiger partial charge in [0.2, 0.25) is 0 Å². The number of imide groups is 1. The molecule has 1 aliphatic heterocycles. The third kappa shape index (κ3) is 3.72. The standard InChI is InChI=1S/C25H23IN2O4/c1-2-31-20-11-16(10-19(26)23(20)32-14-15-6-4-3-5-7-15)13-27-28-24(29)21-17-8-9-18(12-17)22(21)25(28)30/h3-11,13,17-18,21-22H,2,12,14H2,1H3/b27-13-/t17-,18-,21-,22-/m0/s1. The minimum atomic E-state index is -0.248. The molecule has 0 spiro atoms. The number of hydrazone groups is 1. The second-order valence-electron chi connectivity index (χ2n) is 8.27. The number of rotatable bonds is 7. The van der Waals surface area contributed by atoms with E-state index in [2.05, 4.69) is 39.8 Å². The van der Waals surface area contributed by atoms with Crippen LogP contribution in [0.25, 0.3) is 0 Å². The molecule has 0 N–H and O–H groups in total. The average molecular weight is 542 g/mol. The van der Waals surface area contributed by atoms with Gasteiger partial charge >= 0.3 is 0 Å². The van der Waals surface area contributed by atoms with Gasteiger partial charge in [-0.1, -0.05) is 42.5 Å². The van der Waals surface area contributed by atoms with Crippen molar-refractivity contribution in [2.75, 3.05) is 6.61 Å². The number of hydrogen-bond donors (Lipinski definition) is 0. The molecule has 0 radical (unpaired) electrons. The summed E-state index contributed by atoms with van der Waals surface area (Å²) in [6.07, 6.45) is 6.62. The van der Waals surface area contributed by atoms with E-state index in [9.17, 15) is 9.59 Å². The van der Waals surface area contributed by atoms with Gasteiger partial charge in [-0.15, -0.1) is 0 Å². The van der Waals surface area contributed by atoms with E-state index in [0.717, 1.165) is 26.1 Å². The second kappa shape index (κ2) is 8.69. The number of amides is 2. The first kappa shape index (κ1) is 21.2. The maximum absolute atomic E-state index is 12.8. The molecular formula is C25H23IN2O4. The molecule has 1 saturated carbocycles. The van der Waals surface area contributed by atoms with Crippen molar-refractivity contribution in [3.8, 4) is 11.5 Å². The minimum absolute atomic E-state index is 0.174. The van der Waals surface area contributed by atoms with Gasteiger partial charge < -0.3 is 9.47 Å². The molecule has 0 aromatic heterocycles. The van der Waals surface area contributed by atoms with Gasteiger partial charge in [-0.05, 0) is 71.0 Å². The maximum atomic E-state index is 12.8. The average Bonchev–Trinajstić information content (AvgIpc) is 3.47. The zero-order chi connectivity index (χ0) is 22.2. The first-order valence-electron chi connectivity index (χ1n) is 10.8. The summed E-state index contributed by atoms with van der Waals surface area (Å²) in [5.74, 6) is 0.756. The molecule has 164 valence electrons. The fourth-order valence-corrected chi connectivity index (χ4v) is 5.70. The van der Waals surface area contributed by atoms with Crippen LogP contribution in [-0.4, -0.2) is 29.6 Å². The summed E-state index contributed by atoms with van der Waals surface area (Å²) >= 11 is 2.20. The van der Waals surface area contributed by atoms with Crippen LogP contribution < -0.4 is 9.47 Å². The molecule has 6 nitrogen and oxygen atoms in total. The summed E-state index contributed by atoms with van der Waals surface area (Å²) in [7, 11) is 0. The van der Waals surface area contributed by atoms with Gasteiger partial charge in [0, 0.05) is 0 Å². The van der Waals surface area contributed by atoms with E-state index in [1.165, 1.54) is 0 Å². The van der Waals surface area contributed by atoms with Gasteiger partial charge in [-0.2, -0.15) is 10.1 Å². The monoisotopic (exact) mass is 542 g/mol. The lowest BCUT2D eigenvalue weighted by Gasteiger charge is -2.15. The highest BCUT2D eigenvalue weighted by Gasteiger charge is 2.59. The highest BCUT2D eigenvalue weighted by atomic mass is 127. The molecule has 3 aliphatic rings. The van der Waals surface area contributed by atoms with Gasteiger partial charge in [-0.3, -0.25) is 9.59 Å².